The Morgan fingerprint density at radius 1 is 0.636 bits per heavy atom. The van der Waals surface area contributed by atoms with Crippen molar-refractivity contribution in [3.8, 4) is 11.4 Å². The monoisotopic (exact) mass is 432 g/mol. The maximum absolute atomic E-state index is 10.3. The Hall–Kier alpha value is -4.07. The zero-order valence-electron chi connectivity index (χ0n) is 17.7. The number of benzene rings is 4. The highest BCUT2D eigenvalue weighted by Crippen LogP contribution is 2.47. The van der Waals surface area contributed by atoms with Crippen molar-refractivity contribution in [3.63, 3.8) is 0 Å². The number of nitrogens with one attached hydrogen (secondary N) is 1. The molecule has 33 heavy (non-hydrogen) atoms. The van der Waals surface area contributed by atoms with E-state index < -0.39 is 12.5 Å². The van der Waals surface area contributed by atoms with Crippen LogP contribution in [0.15, 0.2) is 109 Å². The smallest absolute Gasteiger partial charge is 0.423 e. The Bertz CT molecular complexity index is 1230. The van der Waals surface area contributed by atoms with E-state index in [9.17, 15) is 10.0 Å². The fraction of sp³-hybridized carbons (Fsp3) is 0.0385. The minimum absolute atomic E-state index is 0.318. The molecule has 0 aliphatic heterocycles. The summed E-state index contributed by atoms with van der Waals surface area (Å²) in [5.74, 6) is 0.362. The molecule has 0 aliphatic rings. The van der Waals surface area contributed by atoms with Crippen molar-refractivity contribution < 1.29 is 10.0 Å². The molecule has 0 saturated heterocycles. The van der Waals surface area contributed by atoms with Crippen LogP contribution in [0.3, 0.4) is 0 Å². The summed E-state index contributed by atoms with van der Waals surface area (Å²) in [4.78, 5) is 0. The van der Waals surface area contributed by atoms with Gasteiger partial charge in [0.05, 0.1) is 5.41 Å². The van der Waals surface area contributed by atoms with Crippen LogP contribution in [-0.4, -0.2) is 37.8 Å². The lowest BCUT2D eigenvalue weighted by Crippen LogP contribution is -2.37. The molecule has 1 aromatic heterocycles. The van der Waals surface area contributed by atoms with Crippen molar-refractivity contribution in [2.75, 3.05) is 0 Å². The van der Waals surface area contributed by atoms with Gasteiger partial charge in [0.2, 0.25) is 0 Å². The van der Waals surface area contributed by atoms with E-state index >= 15 is 0 Å². The van der Waals surface area contributed by atoms with Gasteiger partial charge >= 0.3 is 7.12 Å². The normalized spacial score (nSPS) is 11.3. The van der Waals surface area contributed by atoms with Crippen molar-refractivity contribution in [2.45, 2.75) is 5.41 Å². The lowest BCUT2D eigenvalue weighted by Gasteiger charge is -2.38. The lowest BCUT2D eigenvalue weighted by molar-refractivity contribution is 0.426. The van der Waals surface area contributed by atoms with Crippen LogP contribution in [-0.2, 0) is 5.41 Å². The van der Waals surface area contributed by atoms with Gasteiger partial charge < -0.3 is 10.0 Å². The molecular weight excluding hydrogens is 411 g/mol. The molecule has 0 saturated carbocycles. The first-order chi connectivity index (χ1) is 16.2. The van der Waals surface area contributed by atoms with Crippen molar-refractivity contribution >= 4 is 12.6 Å². The zero-order chi connectivity index (χ0) is 22.7. The van der Waals surface area contributed by atoms with Gasteiger partial charge in [0.25, 0.3) is 0 Å². The van der Waals surface area contributed by atoms with Crippen LogP contribution in [0.4, 0.5) is 0 Å². The summed E-state index contributed by atoms with van der Waals surface area (Å²) in [6.45, 7) is 0. The molecule has 3 N–H and O–H groups in total. The third-order valence-corrected chi connectivity index (χ3v) is 5.98. The molecule has 7 heteroatoms. The standard InChI is InChI=1S/C26H21BN4O2/c32-27(33)23-18-10-17-22(24(23)25-28-30-31-29-25)26(19-11-4-1-5-12-19,20-13-6-2-7-14-20)21-15-8-3-9-16-21/h1-18,32-33H,(H,28,29,30,31). The topological polar surface area (TPSA) is 94.9 Å². The third-order valence-electron chi connectivity index (χ3n) is 5.98. The highest BCUT2D eigenvalue weighted by Gasteiger charge is 2.41. The Labute approximate surface area is 191 Å². The van der Waals surface area contributed by atoms with Gasteiger partial charge in [-0.3, -0.25) is 0 Å². The molecule has 0 spiro atoms. The fourth-order valence-electron chi connectivity index (χ4n) is 4.66. The number of rotatable bonds is 6. The van der Waals surface area contributed by atoms with E-state index in [4.69, 9.17) is 0 Å². The first-order valence-corrected chi connectivity index (χ1v) is 10.6. The molecule has 0 amide bonds. The third kappa shape index (κ3) is 3.53. The number of hydrogen-bond acceptors (Lipinski definition) is 5. The Morgan fingerprint density at radius 3 is 1.58 bits per heavy atom. The zero-order valence-corrected chi connectivity index (χ0v) is 17.7. The van der Waals surface area contributed by atoms with E-state index in [1.807, 2.05) is 66.7 Å². The van der Waals surface area contributed by atoms with Crippen molar-refractivity contribution in [2.24, 2.45) is 0 Å². The molecule has 0 aliphatic carbocycles. The van der Waals surface area contributed by atoms with Crippen molar-refractivity contribution in [3.05, 3.63) is 131 Å². The van der Waals surface area contributed by atoms with Gasteiger partial charge in [-0.2, -0.15) is 0 Å². The molecule has 0 atom stereocenters. The lowest BCUT2D eigenvalue weighted by atomic mass is 9.61. The summed E-state index contributed by atoms with van der Waals surface area (Å²) in [6, 6.07) is 36.1. The number of nitrogens with zero attached hydrogens (tertiary/aromatic N) is 3. The average Bonchev–Trinajstić information content (AvgIpc) is 3.41. The summed E-state index contributed by atoms with van der Waals surface area (Å²) in [6.07, 6.45) is 0. The second-order valence-corrected chi connectivity index (χ2v) is 7.74. The molecule has 160 valence electrons. The Balaban J connectivity index is 1.99. The van der Waals surface area contributed by atoms with E-state index in [0.29, 0.717) is 16.9 Å². The van der Waals surface area contributed by atoms with Crippen molar-refractivity contribution in [1.82, 2.24) is 20.6 Å². The van der Waals surface area contributed by atoms with Crippen LogP contribution >= 0.6 is 0 Å². The largest absolute Gasteiger partial charge is 0.489 e. The highest BCUT2D eigenvalue weighted by molar-refractivity contribution is 6.60. The van der Waals surface area contributed by atoms with Crippen LogP contribution in [0.2, 0.25) is 0 Å². The minimum Gasteiger partial charge on any atom is -0.423 e. The Kier molecular flexibility index (Phi) is 5.56. The number of aromatic amines is 1. The van der Waals surface area contributed by atoms with Crippen LogP contribution in [0.25, 0.3) is 11.4 Å². The van der Waals surface area contributed by atoms with Crippen molar-refractivity contribution in [1.29, 1.82) is 0 Å². The number of hydrogen-bond donors (Lipinski definition) is 3. The first kappa shape index (κ1) is 20.8. The summed E-state index contributed by atoms with van der Waals surface area (Å²) in [5, 5.41) is 35.0. The molecule has 0 bridgehead atoms. The van der Waals surface area contributed by atoms with Crippen LogP contribution < -0.4 is 5.46 Å². The first-order valence-electron chi connectivity index (χ1n) is 10.6. The molecule has 5 rings (SSSR count). The van der Waals surface area contributed by atoms with E-state index in [-0.39, 0.29) is 0 Å². The summed E-state index contributed by atoms with van der Waals surface area (Å²) < 4.78 is 0. The molecule has 0 fully saturated rings. The SMILES string of the molecule is OB(O)c1cccc(C(c2ccccc2)(c2ccccc2)c2ccccc2)c1-c1nnn[nH]1. The molecule has 1 heterocycles. The maximum Gasteiger partial charge on any atom is 0.489 e. The summed E-state index contributed by atoms with van der Waals surface area (Å²) in [5.41, 5.74) is 4.00. The average molecular weight is 432 g/mol. The van der Waals surface area contributed by atoms with Gasteiger partial charge in [0.1, 0.15) is 0 Å². The number of tetrazole rings is 1. The Morgan fingerprint density at radius 2 is 1.15 bits per heavy atom. The van der Waals surface area contributed by atoms with Gasteiger partial charge in [-0.25, -0.2) is 5.10 Å². The fourth-order valence-corrected chi connectivity index (χ4v) is 4.66. The van der Waals surface area contributed by atoms with E-state index in [1.165, 1.54) is 0 Å². The second kappa shape index (κ2) is 8.82. The van der Waals surface area contributed by atoms with Crippen LogP contribution in [0.1, 0.15) is 22.3 Å². The predicted octanol–water partition coefficient (Wildman–Crippen LogP) is 2.93. The number of H-pyrrole nitrogens is 1. The van der Waals surface area contributed by atoms with Crippen LogP contribution in [0.5, 0.6) is 0 Å². The molecular formula is C26H21BN4O2. The summed E-state index contributed by atoms with van der Waals surface area (Å²) >= 11 is 0. The second-order valence-electron chi connectivity index (χ2n) is 7.74. The van der Waals surface area contributed by atoms with E-state index in [0.717, 1.165) is 22.3 Å². The molecule has 0 radical (unpaired) electrons. The van der Waals surface area contributed by atoms with E-state index in [1.54, 1.807) is 6.07 Å². The highest BCUT2D eigenvalue weighted by atomic mass is 16.4. The quantitative estimate of drug-likeness (QED) is 0.283. The predicted molar refractivity (Wildman–Crippen MR) is 128 cm³/mol. The minimum atomic E-state index is -1.70. The van der Waals surface area contributed by atoms with Gasteiger partial charge in [-0.1, -0.05) is 109 Å². The maximum atomic E-state index is 10.3. The number of aromatic nitrogens is 4. The molecule has 6 nitrogen and oxygen atoms in total. The molecule has 5 aromatic rings. The molecule has 4 aromatic carbocycles. The van der Waals surface area contributed by atoms with Gasteiger partial charge in [-0.05, 0) is 38.1 Å². The van der Waals surface area contributed by atoms with E-state index in [2.05, 4.69) is 57.0 Å². The van der Waals surface area contributed by atoms with Gasteiger partial charge in [0, 0.05) is 5.56 Å². The molecule has 0 unspecified atom stereocenters. The van der Waals surface area contributed by atoms with Gasteiger partial charge in [-0.15, -0.1) is 5.10 Å². The van der Waals surface area contributed by atoms with Crippen LogP contribution in [0, 0.1) is 0 Å². The summed E-state index contributed by atoms with van der Waals surface area (Å²) in [7, 11) is -1.70. The van der Waals surface area contributed by atoms with Gasteiger partial charge in [0.15, 0.2) is 5.82 Å².